The van der Waals surface area contributed by atoms with E-state index in [-0.39, 0.29) is 56.1 Å². The van der Waals surface area contributed by atoms with Crippen molar-refractivity contribution in [2.24, 2.45) is 5.41 Å². The van der Waals surface area contributed by atoms with E-state index < -0.39 is 61.6 Å². The fourth-order valence-electron chi connectivity index (χ4n) is 10.1. The number of carbonyl (C=O) groups is 1. The summed E-state index contributed by atoms with van der Waals surface area (Å²) in [6.45, 7) is 13.5. The Morgan fingerprint density at radius 1 is 0.642 bits per heavy atom. The number of hydrogen-bond acceptors (Lipinski definition) is 27. The fourth-order valence-corrected chi connectivity index (χ4v) is 10.6. The van der Waals surface area contributed by atoms with E-state index in [9.17, 15) is 27.6 Å². The van der Waals surface area contributed by atoms with E-state index in [0.29, 0.717) is 213 Å². The highest BCUT2D eigenvalue weighted by molar-refractivity contribution is 7.51. The Morgan fingerprint density at radius 3 is 1.62 bits per heavy atom. The first-order chi connectivity index (χ1) is 46.2. The highest BCUT2D eigenvalue weighted by Gasteiger charge is 2.47. The molecule has 3 aromatic heterocycles. The van der Waals surface area contributed by atoms with E-state index in [4.69, 9.17) is 102 Å². The maximum absolute atomic E-state index is 13.6. The number of fused-ring (bicyclic) bond motifs is 1. The van der Waals surface area contributed by atoms with E-state index >= 15 is 0 Å². The topological polar surface area (TPSA) is 339 Å². The van der Waals surface area contributed by atoms with E-state index in [0.717, 1.165) is 38.8 Å². The Balaban J connectivity index is 0.542. The zero-order valence-electron chi connectivity index (χ0n) is 53.4. The molecule has 0 unspecified atom stereocenters. The van der Waals surface area contributed by atoms with Gasteiger partial charge in [0.2, 0.25) is 11.0 Å². The number of rotatable bonds is 55. The smallest absolute Gasteiger partial charge is 0.350 e. The largest absolute Gasteiger partial charge is 0.420 e. The van der Waals surface area contributed by atoms with Crippen LogP contribution in [0.1, 0.15) is 50.4 Å². The third-order valence-corrected chi connectivity index (χ3v) is 15.4. The summed E-state index contributed by atoms with van der Waals surface area (Å²) < 4.78 is 154. The molecule has 2 aliphatic heterocycles. The third kappa shape index (κ3) is 30.4. The van der Waals surface area contributed by atoms with Crippen molar-refractivity contribution >= 4 is 42.0 Å². The summed E-state index contributed by atoms with van der Waals surface area (Å²) in [6.07, 6.45) is 4.39. The first kappa shape index (κ1) is 78.0. The average molecular weight is 1400 g/mol. The molecule has 0 radical (unpaired) electrons. The minimum Gasteiger partial charge on any atom is -0.420 e. The van der Waals surface area contributed by atoms with Crippen molar-refractivity contribution in [1.29, 1.82) is 0 Å². The Kier molecular flexibility index (Phi) is 36.7. The zero-order chi connectivity index (χ0) is 67.2. The molecule has 4 aromatic rings. The number of benzene rings is 1. The van der Waals surface area contributed by atoms with E-state index in [1.807, 2.05) is 6.20 Å². The van der Waals surface area contributed by atoms with Gasteiger partial charge in [0, 0.05) is 37.1 Å². The molecule has 5 heterocycles. The number of anilines is 1. The molecule has 95 heavy (non-hydrogen) atoms. The van der Waals surface area contributed by atoms with Crippen molar-refractivity contribution in [1.82, 2.24) is 34.7 Å². The number of hydrogen-bond donors (Lipinski definition) is 3. The first-order valence-corrected chi connectivity index (χ1v) is 34.0. The minimum absolute atomic E-state index is 0.0465. The molecule has 1 aliphatic carbocycles. The monoisotopic (exact) mass is 1400 g/mol. The van der Waals surface area contributed by atoms with E-state index in [1.165, 1.54) is 4.68 Å². The van der Waals surface area contributed by atoms with Crippen molar-refractivity contribution in [3.05, 3.63) is 53.0 Å². The molecule has 3 atom stereocenters. The number of aliphatic hydroxyl groups excluding tert-OH is 1. The van der Waals surface area contributed by atoms with Crippen LogP contribution in [0.25, 0.3) is 11.0 Å². The molecular formula is C59H91ClF3N8O23P. The van der Waals surface area contributed by atoms with Gasteiger partial charge >= 0.3 is 13.6 Å². The SMILES string of the molecule is O=C(CCOCCOCCOCCOCCOCCOCCOCCOCCOCCOCCn1cc(COCCOCCOCCOCCOC2CCC3(CC2)CN(c2nc(Cl)nc4c2cnn4[C@@H]2O[C@H](COCP(=O)(O)O)C[C@H]2O)C3)nn1)Oc1c(F)cc(F)cc1F. The lowest BCUT2D eigenvalue weighted by Crippen LogP contribution is -2.58. The maximum atomic E-state index is 13.6. The quantitative estimate of drug-likeness (QED) is 0.0187. The van der Waals surface area contributed by atoms with Gasteiger partial charge in [-0.25, -0.2) is 22.5 Å². The number of halogens is 4. The molecule has 7 rings (SSSR count). The summed E-state index contributed by atoms with van der Waals surface area (Å²) >= 11 is 6.41. The van der Waals surface area contributed by atoms with E-state index in [1.54, 1.807) is 10.9 Å². The molecule has 31 nitrogen and oxygen atoms in total. The third-order valence-electron chi connectivity index (χ3n) is 14.7. The number of nitrogens with zero attached hydrogens (tertiary/aromatic N) is 8. The lowest BCUT2D eigenvalue weighted by molar-refractivity contribution is -0.136. The maximum Gasteiger partial charge on any atom is 0.350 e. The van der Waals surface area contributed by atoms with Crippen LogP contribution < -0.4 is 9.64 Å². The van der Waals surface area contributed by atoms with Crippen LogP contribution in [0, 0.1) is 22.9 Å². The van der Waals surface area contributed by atoms with Crippen molar-refractivity contribution in [2.75, 3.05) is 216 Å². The van der Waals surface area contributed by atoms with Crippen LogP contribution >= 0.6 is 19.2 Å². The summed E-state index contributed by atoms with van der Waals surface area (Å²) in [4.78, 5) is 41.0. The summed E-state index contributed by atoms with van der Waals surface area (Å²) in [5.74, 6) is -4.94. The van der Waals surface area contributed by atoms with Gasteiger partial charge in [0.05, 0.1) is 241 Å². The summed E-state index contributed by atoms with van der Waals surface area (Å²) in [5.41, 5.74) is 1.28. The second kappa shape index (κ2) is 44.7. The first-order valence-electron chi connectivity index (χ1n) is 31.8. The minimum atomic E-state index is -4.33. The van der Waals surface area contributed by atoms with Crippen LogP contribution in [-0.4, -0.2) is 285 Å². The second-order valence-corrected chi connectivity index (χ2v) is 24.0. The van der Waals surface area contributed by atoms with Gasteiger partial charge in [0.25, 0.3) is 0 Å². The van der Waals surface area contributed by atoms with Crippen LogP contribution in [0.4, 0.5) is 19.0 Å². The summed E-state index contributed by atoms with van der Waals surface area (Å²) in [5, 5.41) is 24.2. The van der Waals surface area contributed by atoms with Gasteiger partial charge in [-0.2, -0.15) is 15.1 Å². The Hall–Kier alpha value is -4.31. The van der Waals surface area contributed by atoms with Gasteiger partial charge in [-0.1, -0.05) is 5.21 Å². The number of carbonyl (C=O) groups excluding carboxylic acids is 1. The molecule has 0 bridgehead atoms. The van der Waals surface area contributed by atoms with Crippen molar-refractivity contribution in [3.63, 3.8) is 0 Å². The number of aromatic nitrogens is 7. The van der Waals surface area contributed by atoms with Gasteiger partial charge in [0.15, 0.2) is 23.5 Å². The van der Waals surface area contributed by atoms with Crippen molar-refractivity contribution in [3.8, 4) is 5.75 Å². The summed E-state index contributed by atoms with van der Waals surface area (Å²) in [6, 6.07) is 0.843. The van der Waals surface area contributed by atoms with Crippen LogP contribution in [0.2, 0.25) is 5.28 Å². The highest BCUT2D eigenvalue weighted by atomic mass is 35.5. The predicted octanol–water partition coefficient (Wildman–Crippen LogP) is 3.48. The average Bonchev–Trinajstić information content (AvgIpc) is 1.73. The van der Waals surface area contributed by atoms with Crippen LogP contribution in [0.5, 0.6) is 5.75 Å². The predicted molar refractivity (Wildman–Crippen MR) is 327 cm³/mol. The van der Waals surface area contributed by atoms with Gasteiger partial charge in [-0.05, 0) is 37.3 Å². The molecule has 1 saturated carbocycles. The molecule has 36 heteroatoms. The molecule has 0 amide bonds. The Morgan fingerprint density at radius 2 is 1.12 bits per heavy atom. The highest BCUT2D eigenvalue weighted by Crippen LogP contribution is 2.47. The van der Waals surface area contributed by atoms with Crippen LogP contribution in [-0.2, 0) is 103 Å². The Labute approximate surface area is 553 Å². The molecule has 3 N–H and O–H groups in total. The van der Waals surface area contributed by atoms with Gasteiger partial charge < -0.3 is 105 Å². The second-order valence-electron chi connectivity index (χ2n) is 22.1. The number of aliphatic hydroxyl groups is 1. The molecule has 3 aliphatic rings. The van der Waals surface area contributed by atoms with Crippen molar-refractivity contribution in [2.45, 2.75) is 76.2 Å². The van der Waals surface area contributed by atoms with Gasteiger partial charge in [-0.15, -0.1) is 5.10 Å². The van der Waals surface area contributed by atoms with E-state index in [2.05, 4.69) is 35.0 Å². The molecule has 538 valence electrons. The summed E-state index contributed by atoms with van der Waals surface area (Å²) in [7, 11) is -4.33. The zero-order valence-corrected chi connectivity index (χ0v) is 55.1. The molecule has 1 spiro atoms. The molecular weight excluding hydrogens is 1310 g/mol. The number of esters is 1. The van der Waals surface area contributed by atoms with Gasteiger partial charge in [-0.3, -0.25) is 9.36 Å². The standard InChI is InChI=1S/C59H91ClF3N8O23P/c60-58-65-55(49-38-64-71(56(49)66-58)57-52(72)37-48(93-57)41-91-44-95(74,75)76)69-42-59(43-69)4-1-47(2-5-59)92-34-33-89-30-29-87-27-28-88-31-32-90-40-46-39-70(68-67-46)6-8-78-10-12-80-14-16-82-18-20-84-22-24-86-26-25-85-23-21-83-19-17-81-15-13-79-11-9-77-7-3-53(73)94-54-50(62)35-45(61)36-51(54)63/h35-36,38-39,47-48,52,57,72H,1-34,37,40-44H2,(H2,74,75,76)/t48-,52+,57+/m0/s1. The number of ether oxygens (including phenoxy) is 18. The molecule has 2 saturated heterocycles. The molecule has 3 fully saturated rings. The normalized spacial score (nSPS) is 17.5. The lowest BCUT2D eigenvalue weighted by Gasteiger charge is -2.54. The van der Waals surface area contributed by atoms with Crippen LogP contribution in [0.15, 0.2) is 24.5 Å². The lowest BCUT2D eigenvalue weighted by atomic mass is 9.68. The Bertz CT molecular complexity index is 2790. The van der Waals surface area contributed by atoms with Gasteiger partial charge in [0.1, 0.15) is 29.8 Å². The fraction of sp³-hybridized carbons (Fsp3) is 0.763. The van der Waals surface area contributed by atoms with Crippen molar-refractivity contribution < 1.29 is 123 Å². The van der Waals surface area contributed by atoms with Crippen LogP contribution in [0.3, 0.4) is 0 Å². The molecule has 1 aromatic carbocycles.